The first kappa shape index (κ1) is 16.9. The Morgan fingerprint density at radius 1 is 1.26 bits per heavy atom. The fourth-order valence-electron chi connectivity index (χ4n) is 2.14. The molecule has 1 atom stereocenters. The van der Waals surface area contributed by atoms with E-state index in [4.69, 9.17) is 4.74 Å². The zero-order valence-electron chi connectivity index (χ0n) is 13.8. The van der Waals surface area contributed by atoms with Crippen molar-refractivity contribution in [1.29, 1.82) is 0 Å². The highest BCUT2D eigenvalue weighted by molar-refractivity contribution is 5.79. The van der Waals surface area contributed by atoms with Crippen molar-refractivity contribution in [2.75, 3.05) is 26.7 Å². The minimum Gasteiger partial charge on any atom is -0.492 e. The van der Waals surface area contributed by atoms with Crippen LogP contribution in [-0.2, 0) is 6.54 Å². The summed E-state index contributed by atoms with van der Waals surface area (Å²) in [5, 5.41) is 10.8. The quantitative estimate of drug-likeness (QED) is 0.443. The van der Waals surface area contributed by atoms with Crippen molar-refractivity contribution >= 4 is 5.96 Å². The van der Waals surface area contributed by atoms with E-state index in [-0.39, 0.29) is 0 Å². The SMILES string of the molecule is CN=C(NCCOc1ccccc1)NCC(C)Cn1cccn1. The average molecular weight is 315 g/mol. The molecule has 0 radical (unpaired) electrons. The van der Waals surface area contributed by atoms with E-state index in [2.05, 4.69) is 27.6 Å². The molecule has 23 heavy (non-hydrogen) atoms. The van der Waals surface area contributed by atoms with Gasteiger partial charge in [-0.25, -0.2) is 0 Å². The van der Waals surface area contributed by atoms with Crippen molar-refractivity contribution < 1.29 is 4.74 Å². The largest absolute Gasteiger partial charge is 0.492 e. The molecule has 0 bridgehead atoms. The van der Waals surface area contributed by atoms with Crippen molar-refractivity contribution in [3.8, 4) is 5.75 Å². The summed E-state index contributed by atoms with van der Waals surface area (Å²) in [6, 6.07) is 11.7. The van der Waals surface area contributed by atoms with Crippen LogP contribution in [0.3, 0.4) is 0 Å². The third-order valence-electron chi connectivity index (χ3n) is 3.31. The number of hydrogen-bond acceptors (Lipinski definition) is 3. The van der Waals surface area contributed by atoms with Crippen molar-refractivity contribution in [3.63, 3.8) is 0 Å². The van der Waals surface area contributed by atoms with Crippen LogP contribution in [0.2, 0.25) is 0 Å². The maximum Gasteiger partial charge on any atom is 0.191 e. The Morgan fingerprint density at radius 3 is 2.78 bits per heavy atom. The Bertz CT molecular complexity index is 568. The maximum atomic E-state index is 5.64. The summed E-state index contributed by atoms with van der Waals surface area (Å²) in [6.45, 7) is 5.18. The summed E-state index contributed by atoms with van der Waals surface area (Å²) in [4.78, 5) is 4.22. The van der Waals surface area contributed by atoms with Gasteiger partial charge in [0.05, 0.1) is 6.54 Å². The number of ether oxygens (including phenoxy) is 1. The van der Waals surface area contributed by atoms with Crippen LogP contribution >= 0.6 is 0 Å². The fraction of sp³-hybridized carbons (Fsp3) is 0.412. The topological polar surface area (TPSA) is 63.5 Å². The van der Waals surface area contributed by atoms with Crippen molar-refractivity contribution in [2.45, 2.75) is 13.5 Å². The highest BCUT2D eigenvalue weighted by Crippen LogP contribution is 2.07. The number of nitrogens with one attached hydrogen (secondary N) is 2. The molecule has 1 heterocycles. The van der Waals surface area contributed by atoms with Gasteiger partial charge in [0.2, 0.25) is 0 Å². The molecule has 0 amide bonds. The van der Waals surface area contributed by atoms with Crippen LogP contribution in [-0.4, -0.2) is 42.5 Å². The van der Waals surface area contributed by atoms with Crippen LogP contribution in [0.4, 0.5) is 0 Å². The van der Waals surface area contributed by atoms with Gasteiger partial charge in [-0.05, 0) is 24.1 Å². The maximum absolute atomic E-state index is 5.64. The fourth-order valence-corrected chi connectivity index (χ4v) is 2.14. The Balaban J connectivity index is 1.61. The highest BCUT2D eigenvalue weighted by Gasteiger charge is 2.05. The third-order valence-corrected chi connectivity index (χ3v) is 3.31. The molecule has 6 heteroatoms. The van der Waals surface area contributed by atoms with E-state index in [9.17, 15) is 0 Å². The van der Waals surface area contributed by atoms with Crippen LogP contribution in [0.1, 0.15) is 6.92 Å². The molecule has 0 spiro atoms. The number of aliphatic imine (C=N–C) groups is 1. The van der Waals surface area contributed by atoms with Gasteiger partial charge >= 0.3 is 0 Å². The van der Waals surface area contributed by atoms with E-state index in [1.807, 2.05) is 47.3 Å². The van der Waals surface area contributed by atoms with Crippen LogP contribution in [0.5, 0.6) is 5.75 Å². The molecule has 0 aliphatic heterocycles. The summed E-state index contributed by atoms with van der Waals surface area (Å²) in [7, 11) is 1.77. The van der Waals surface area contributed by atoms with Crippen LogP contribution in [0.25, 0.3) is 0 Å². The molecular weight excluding hydrogens is 290 g/mol. The predicted molar refractivity (Wildman–Crippen MR) is 92.7 cm³/mol. The minimum absolute atomic E-state index is 0.453. The number of benzene rings is 1. The Labute approximate surface area is 137 Å². The molecule has 0 saturated heterocycles. The highest BCUT2D eigenvalue weighted by atomic mass is 16.5. The second-order valence-electron chi connectivity index (χ2n) is 5.37. The second-order valence-corrected chi connectivity index (χ2v) is 5.37. The smallest absolute Gasteiger partial charge is 0.191 e. The summed E-state index contributed by atoms with van der Waals surface area (Å²) in [5.74, 6) is 2.12. The van der Waals surface area contributed by atoms with Gasteiger partial charge < -0.3 is 15.4 Å². The van der Waals surface area contributed by atoms with Gasteiger partial charge in [0, 0.05) is 32.5 Å². The number of para-hydroxylation sites is 1. The van der Waals surface area contributed by atoms with Crippen LogP contribution in [0.15, 0.2) is 53.8 Å². The number of aromatic nitrogens is 2. The first-order chi connectivity index (χ1) is 11.3. The lowest BCUT2D eigenvalue weighted by atomic mass is 10.2. The minimum atomic E-state index is 0.453. The Morgan fingerprint density at radius 2 is 2.09 bits per heavy atom. The molecule has 124 valence electrons. The average Bonchev–Trinajstić information content (AvgIpc) is 3.08. The van der Waals surface area contributed by atoms with E-state index < -0.39 is 0 Å². The number of nitrogens with zero attached hydrogens (tertiary/aromatic N) is 3. The normalized spacial score (nSPS) is 12.7. The summed E-state index contributed by atoms with van der Waals surface area (Å²) in [5.41, 5.74) is 0. The van der Waals surface area contributed by atoms with E-state index in [0.29, 0.717) is 19.1 Å². The molecular formula is C17H25N5O. The van der Waals surface area contributed by atoms with Crippen LogP contribution in [0, 0.1) is 5.92 Å². The molecule has 0 fully saturated rings. The lowest BCUT2D eigenvalue weighted by Gasteiger charge is -2.16. The molecule has 1 aromatic carbocycles. The van der Waals surface area contributed by atoms with Crippen molar-refractivity contribution in [2.24, 2.45) is 10.9 Å². The Hall–Kier alpha value is -2.50. The molecule has 2 rings (SSSR count). The summed E-state index contributed by atoms with van der Waals surface area (Å²) >= 11 is 0. The monoisotopic (exact) mass is 315 g/mol. The van der Waals surface area contributed by atoms with Gasteiger partial charge in [-0.1, -0.05) is 25.1 Å². The number of rotatable bonds is 8. The standard InChI is InChI=1S/C17H25N5O/c1-15(14-22-11-6-9-21-22)13-20-17(18-2)19-10-12-23-16-7-4-3-5-8-16/h3-9,11,15H,10,12-14H2,1-2H3,(H2,18,19,20). The lowest BCUT2D eigenvalue weighted by molar-refractivity contribution is 0.321. The van der Waals surface area contributed by atoms with Gasteiger partial charge in [-0.2, -0.15) is 5.10 Å². The molecule has 1 aromatic heterocycles. The first-order valence-corrected chi connectivity index (χ1v) is 7.87. The Kier molecular flexibility index (Phi) is 6.97. The van der Waals surface area contributed by atoms with Gasteiger partial charge in [0.15, 0.2) is 5.96 Å². The predicted octanol–water partition coefficient (Wildman–Crippen LogP) is 1.76. The summed E-state index contributed by atoms with van der Waals surface area (Å²) < 4.78 is 7.58. The van der Waals surface area contributed by atoms with Gasteiger partial charge in [-0.3, -0.25) is 9.67 Å². The molecule has 1 unspecified atom stereocenters. The van der Waals surface area contributed by atoms with Gasteiger partial charge in [0.1, 0.15) is 12.4 Å². The van der Waals surface area contributed by atoms with Gasteiger partial charge in [0.25, 0.3) is 0 Å². The van der Waals surface area contributed by atoms with E-state index >= 15 is 0 Å². The third kappa shape index (κ3) is 6.42. The number of guanidine groups is 1. The first-order valence-electron chi connectivity index (χ1n) is 7.87. The summed E-state index contributed by atoms with van der Waals surface area (Å²) in [6.07, 6.45) is 3.78. The second kappa shape index (κ2) is 9.50. The van der Waals surface area contributed by atoms with Crippen molar-refractivity contribution in [1.82, 2.24) is 20.4 Å². The zero-order chi connectivity index (χ0) is 16.3. The van der Waals surface area contributed by atoms with Crippen molar-refractivity contribution in [3.05, 3.63) is 48.8 Å². The van der Waals surface area contributed by atoms with Crippen LogP contribution < -0.4 is 15.4 Å². The molecule has 2 aromatic rings. The van der Waals surface area contributed by atoms with E-state index in [1.54, 1.807) is 13.2 Å². The zero-order valence-corrected chi connectivity index (χ0v) is 13.8. The molecule has 0 aliphatic carbocycles. The molecule has 0 saturated carbocycles. The number of hydrogen-bond donors (Lipinski definition) is 2. The van der Waals surface area contributed by atoms with E-state index in [0.717, 1.165) is 24.8 Å². The molecule has 2 N–H and O–H groups in total. The lowest BCUT2D eigenvalue weighted by Crippen LogP contribution is -2.41. The van der Waals surface area contributed by atoms with Gasteiger partial charge in [-0.15, -0.1) is 0 Å². The van der Waals surface area contributed by atoms with E-state index in [1.165, 1.54) is 0 Å². The molecule has 0 aliphatic rings. The molecule has 6 nitrogen and oxygen atoms in total.